The fraction of sp³-hybridized carbons (Fsp3) is 0.286. The molecule has 0 N–H and O–H groups in total. The van der Waals surface area contributed by atoms with Crippen LogP contribution in [0.5, 0.6) is 0 Å². The number of carbonyl (C=O) groups is 4. The molecule has 6 rings (SSSR count). The van der Waals surface area contributed by atoms with E-state index in [4.69, 9.17) is 0 Å². The van der Waals surface area contributed by atoms with Crippen molar-refractivity contribution >= 4 is 23.1 Å². The summed E-state index contributed by atoms with van der Waals surface area (Å²) in [6.45, 7) is 0. The molecular weight excluding hydrogens is 400 g/mol. The van der Waals surface area contributed by atoms with E-state index < -0.39 is 0 Å². The molecule has 0 heterocycles. The van der Waals surface area contributed by atoms with E-state index in [0.29, 0.717) is 22.3 Å². The summed E-state index contributed by atoms with van der Waals surface area (Å²) in [7, 11) is 0. The predicted octanol–water partition coefficient (Wildman–Crippen LogP) is 5.87. The highest BCUT2D eigenvalue weighted by Gasteiger charge is 2.33. The normalized spacial score (nSPS) is 19.5. The third-order valence-corrected chi connectivity index (χ3v) is 6.86. The van der Waals surface area contributed by atoms with Gasteiger partial charge in [0.25, 0.3) is 0 Å². The summed E-state index contributed by atoms with van der Waals surface area (Å²) in [6, 6.07) is 14.3. The molecule has 0 bridgehead atoms. The first-order valence-electron chi connectivity index (χ1n) is 11.4. The van der Waals surface area contributed by atoms with Gasteiger partial charge in [0, 0.05) is 44.5 Å². The minimum atomic E-state index is 0.0740. The number of ketones is 4. The molecule has 0 saturated carbocycles. The van der Waals surface area contributed by atoms with Crippen molar-refractivity contribution in [1.82, 2.24) is 0 Å². The van der Waals surface area contributed by atoms with Crippen molar-refractivity contribution in [2.24, 2.45) is 0 Å². The fourth-order valence-electron chi connectivity index (χ4n) is 5.22. The van der Waals surface area contributed by atoms with E-state index in [1.165, 1.54) is 0 Å². The Morgan fingerprint density at radius 2 is 0.594 bits per heavy atom. The van der Waals surface area contributed by atoms with Crippen molar-refractivity contribution in [3.8, 4) is 0 Å². The van der Waals surface area contributed by atoms with E-state index in [0.717, 1.165) is 73.7 Å². The van der Waals surface area contributed by atoms with Gasteiger partial charge in [-0.05, 0) is 51.4 Å². The summed E-state index contributed by atoms with van der Waals surface area (Å²) < 4.78 is 0. The van der Waals surface area contributed by atoms with Gasteiger partial charge in [-0.15, -0.1) is 0 Å². The zero-order valence-electron chi connectivity index (χ0n) is 17.9. The Kier molecular flexibility index (Phi) is 5.30. The number of rotatable bonds is 0. The van der Waals surface area contributed by atoms with E-state index in [9.17, 15) is 19.2 Å². The van der Waals surface area contributed by atoms with E-state index >= 15 is 0 Å². The van der Waals surface area contributed by atoms with Gasteiger partial charge in [-0.25, -0.2) is 0 Å². The predicted molar refractivity (Wildman–Crippen MR) is 121 cm³/mol. The Morgan fingerprint density at radius 3 is 0.812 bits per heavy atom. The number of hydrogen-bond donors (Lipinski definition) is 0. The molecule has 0 aromatic heterocycles. The second-order valence-corrected chi connectivity index (χ2v) is 8.74. The molecule has 4 aliphatic carbocycles. The third-order valence-electron chi connectivity index (χ3n) is 6.86. The average molecular weight is 424 g/mol. The van der Waals surface area contributed by atoms with Crippen molar-refractivity contribution in [2.45, 2.75) is 51.4 Å². The van der Waals surface area contributed by atoms with E-state index in [2.05, 4.69) is 0 Å². The van der Waals surface area contributed by atoms with Crippen molar-refractivity contribution < 1.29 is 19.2 Å². The summed E-state index contributed by atoms with van der Waals surface area (Å²) in [6.07, 6.45) is 7.20. The average Bonchev–Trinajstić information content (AvgIpc) is 2.86. The molecule has 2 aromatic carbocycles. The molecule has 160 valence electrons. The van der Waals surface area contributed by atoms with Gasteiger partial charge in [0.2, 0.25) is 0 Å². The quantitative estimate of drug-likeness (QED) is 0.530. The first-order valence-corrected chi connectivity index (χ1v) is 11.4. The molecule has 0 spiro atoms. The van der Waals surface area contributed by atoms with Crippen molar-refractivity contribution in [1.29, 1.82) is 0 Å². The number of allylic oxidation sites excluding steroid dienone is 4. The van der Waals surface area contributed by atoms with E-state index in [-0.39, 0.29) is 23.1 Å². The van der Waals surface area contributed by atoms with Gasteiger partial charge in [-0.1, -0.05) is 48.5 Å². The standard InChI is InChI=1S/2C14H12O2/c2*15-13-9-5-1-2-6-10(9)14(16)12-8-4-3-7-11(12)13/h2*1-2,5-6H,3-4,7-8H2. The van der Waals surface area contributed by atoms with Crippen LogP contribution in [0.1, 0.15) is 92.8 Å². The molecule has 4 aliphatic rings. The smallest absolute Gasteiger partial charge is 0.190 e. The summed E-state index contributed by atoms with van der Waals surface area (Å²) in [5, 5.41) is 0. The lowest BCUT2D eigenvalue weighted by Gasteiger charge is -2.24. The summed E-state index contributed by atoms with van der Waals surface area (Å²) >= 11 is 0. The van der Waals surface area contributed by atoms with Crippen LogP contribution in [0.2, 0.25) is 0 Å². The van der Waals surface area contributed by atoms with Crippen LogP contribution in [0.3, 0.4) is 0 Å². The number of Topliss-reactive ketones (excluding diaryl/α,β-unsaturated/α-hetero) is 4. The zero-order valence-corrected chi connectivity index (χ0v) is 17.9. The summed E-state index contributed by atoms with van der Waals surface area (Å²) in [5.74, 6) is 0.296. The van der Waals surface area contributed by atoms with Gasteiger partial charge in [0.1, 0.15) is 0 Å². The lowest BCUT2D eigenvalue weighted by atomic mass is 9.77. The molecular formula is C28H24O4. The number of benzene rings is 2. The maximum absolute atomic E-state index is 12.2. The first-order chi connectivity index (χ1) is 15.6. The topological polar surface area (TPSA) is 68.3 Å². The highest BCUT2D eigenvalue weighted by atomic mass is 16.1. The first kappa shape index (κ1) is 20.5. The van der Waals surface area contributed by atoms with Crippen LogP contribution in [0.25, 0.3) is 0 Å². The SMILES string of the molecule is O=C1C2=C(CCCC2)C(=O)c2ccccc21.O=C1C2=C(CCCC2)C(=O)c2ccccc21. The van der Waals surface area contributed by atoms with Crippen molar-refractivity contribution in [3.63, 3.8) is 0 Å². The molecule has 0 saturated heterocycles. The van der Waals surface area contributed by atoms with Crippen LogP contribution in [-0.2, 0) is 0 Å². The molecule has 0 atom stereocenters. The monoisotopic (exact) mass is 424 g/mol. The van der Waals surface area contributed by atoms with Crippen LogP contribution in [0, 0.1) is 0 Å². The van der Waals surface area contributed by atoms with Crippen LogP contribution in [0.4, 0.5) is 0 Å². The lowest BCUT2D eigenvalue weighted by Crippen LogP contribution is -2.24. The minimum Gasteiger partial charge on any atom is -0.289 e. The molecule has 0 amide bonds. The van der Waals surface area contributed by atoms with Gasteiger partial charge in [0.05, 0.1) is 0 Å². The second-order valence-electron chi connectivity index (χ2n) is 8.74. The molecule has 4 heteroatoms. The van der Waals surface area contributed by atoms with Gasteiger partial charge in [-0.2, -0.15) is 0 Å². The van der Waals surface area contributed by atoms with Gasteiger partial charge >= 0.3 is 0 Å². The summed E-state index contributed by atoms with van der Waals surface area (Å²) in [5.41, 5.74) is 5.46. The van der Waals surface area contributed by atoms with Crippen molar-refractivity contribution in [2.75, 3.05) is 0 Å². The van der Waals surface area contributed by atoms with Gasteiger partial charge < -0.3 is 0 Å². The molecule has 0 radical (unpaired) electrons. The fourth-order valence-corrected chi connectivity index (χ4v) is 5.22. The van der Waals surface area contributed by atoms with Crippen LogP contribution >= 0.6 is 0 Å². The number of carbonyl (C=O) groups excluding carboxylic acids is 4. The number of fused-ring (bicyclic) bond motifs is 2. The largest absolute Gasteiger partial charge is 0.289 e. The molecule has 2 aromatic rings. The Balaban J connectivity index is 0.000000135. The lowest BCUT2D eigenvalue weighted by molar-refractivity contribution is 0.0964. The van der Waals surface area contributed by atoms with Gasteiger partial charge in [-0.3, -0.25) is 19.2 Å². The Hall–Kier alpha value is -3.40. The van der Waals surface area contributed by atoms with Crippen molar-refractivity contribution in [3.05, 3.63) is 93.1 Å². The Bertz CT molecular complexity index is 1050. The highest BCUT2D eigenvalue weighted by molar-refractivity contribution is 6.27. The van der Waals surface area contributed by atoms with E-state index in [1.807, 2.05) is 24.3 Å². The highest BCUT2D eigenvalue weighted by Crippen LogP contribution is 2.36. The molecule has 32 heavy (non-hydrogen) atoms. The Morgan fingerprint density at radius 1 is 0.375 bits per heavy atom. The van der Waals surface area contributed by atoms with Gasteiger partial charge in [0.15, 0.2) is 23.1 Å². The zero-order chi connectivity index (χ0) is 22.2. The molecule has 0 unspecified atom stereocenters. The molecule has 0 fully saturated rings. The minimum absolute atomic E-state index is 0.0740. The maximum atomic E-state index is 12.2. The van der Waals surface area contributed by atoms with Crippen LogP contribution in [-0.4, -0.2) is 23.1 Å². The third kappa shape index (κ3) is 3.31. The van der Waals surface area contributed by atoms with E-state index in [1.54, 1.807) is 24.3 Å². The van der Waals surface area contributed by atoms with Crippen LogP contribution in [0.15, 0.2) is 70.8 Å². The molecule has 4 nitrogen and oxygen atoms in total. The second kappa shape index (κ2) is 8.27. The van der Waals surface area contributed by atoms with Crippen LogP contribution < -0.4 is 0 Å². The molecule has 0 aliphatic heterocycles. The Labute approximate surface area is 187 Å². The summed E-state index contributed by atoms with van der Waals surface area (Å²) in [4.78, 5) is 48.7. The number of hydrogen-bond acceptors (Lipinski definition) is 4. The maximum Gasteiger partial charge on any atom is 0.190 e.